The van der Waals surface area contributed by atoms with Crippen molar-refractivity contribution < 1.29 is 14.3 Å². The molecular weight excluding hydrogens is 426 g/mol. The third-order valence-corrected chi connectivity index (χ3v) is 4.29. The van der Waals surface area contributed by atoms with Gasteiger partial charge in [0.15, 0.2) is 6.61 Å². The summed E-state index contributed by atoms with van der Waals surface area (Å²) < 4.78 is 7.09. The van der Waals surface area contributed by atoms with Gasteiger partial charge >= 0.3 is 0 Å². The minimum Gasteiger partial charge on any atom is -0.483 e. The molecule has 0 radical (unpaired) electrons. The van der Waals surface area contributed by atoms with Crippen LogP contribution >= 0.6 is 31.9 Å². The van der Waals surface area contributed by atoms with Crippen LogP contribution in [0.1, 0.15) is 21.5 Å². The first-order valence-corrected chi connectivity index (χ1v) is 8.43. The van der Waals surface area contributed by atoms with E-state index in [2.05, 4.69) is 37.2 Å². The quantitative estimate of drug-likeness (QED) is 0.688. The molecular formula is C17H15Br2NO3. The second-order valence-electron chi connectivity index (χ2n) is 5.06. The highest BCUT2D eigenvalue weighted by molar-refractivity contribution is 9.10. The van der Waals surface area contributed by atoms with Crippen LogP contribution < -0.4 is 10.1 Å². The Morgan fingerprint density at radius 3 is 2.39 bits per heavy atom. The van der Waals surface area contributed by atoms with Crippen LogP contribution in [0.4, 0.5) is 5.69 Å². The highest BCUT2D eigenvalue weighted by Gasteiger charge is 2.10. The van der Waals surface area contributed by atoms with Crippen molar-refractivity contribution in [3.8, 4) is 5.75 Å². The summed E-state index contributed by atoms with van der Waals surface area (Å²) in [6, 6.07) is 8.81. The van der Waals surface area contributed by atoms with Gasteiger partial charge in [0.1, 0.15) is 12.0 Å². The molecule has 0 aliphatic rings. The van der Waals surface area contributed by atoms with Crippen molar-refractivity contribution in [2.75, 3.05) is 11.9 Å². The Kier molecular flexibility index (Phi) is 5.96. The molecule has 0 bridgehead atoms. The van der Waals surface area contributed by atoms with Gasteiger partial charge in [-0.15, -0.1) is 0 Å². The first-order valence-electron chi connectivity index (χ1n) is 6.85. The molecule has 2 aromatic rings. The Hall–Kier alpha value is -1.66. The Morgan fingerprint density at radius 1 is 1.17 bits per heavy atom. The van der Waals surface area contributed by atoms with E-state index in [1.807, 2.05) is 26.0 Å². The van der Waals surface area contributed by atoms with Crippen LogP contribution in [0.25, 0.3) is 0 Å². The van der Waals surface area contributed by atoms with Crippen molar-refractivity contribution in [3.05, 3.63) is 56.0 Å². The smallest absolute Gasteiger partial charge is 0.262 e. The number of ether oxygens (including phenoxy) is 1. The molecule has 0 atom stereocenters. The first-order chi connectivity index (χ1) is 10.9. The molecule has 23 heavy (non-hydrogen) atoms. The predicted molar refractivity (Wildman–Crippen MR) is 97.3 cm³/mol. The molecule has 1 N–H and O–H groups in total. The van der Waals surface area contributed by atoms with E-state index >= 15 is 0 Å². The van der Waals surface area contributed by atoms with E-state index in [0.29, 0.717) is 15.8 Å². The van der Waals surface area contributed by atoms with Crippen LogP contribution in [0.15, 0.2) is 39.3 Å². The molecule has 0 fully saturated rings. The van der Waals surface area contributed by atoms with Crippen molar-refractivity contribution in [1.82, 2.24) is 0 Å². The van der Waals surface area contributed by atoms with E-state index in [1.54, 1.807) is 18.2 Å². The predicted octanol–water partition coefficient (Wildman–Crippen LogP) is 4.66. The van der Waals surface area contributed by atoms with Gasteiger partial charge in [-0.05, 0) is 71.2 Å². The number of hydrogen-bond donors (Lipinski definition) is 1. The lowest BCUT2D eigenvalue weighted by atomic mass is 10.1. The van der Waals surface area contributed by atoms with E-state index in [0.717, 1.165) is 27.6 Å². The number of rotatable bonds is 5. The van der Waals surface area contributed by atoms with E-state index in [9.17, 15) is 9.59 Å². The zero-order valence-corrected chi connectivity index (χ0v) is 15.8. The van der Waals surface area contributed by atoms with Crippen molar-refractivity contribution in [3.63, 3.8) is 0 Å². The topological polar surface area (TPSA) is 55.4 Å². The summed E-state index contributed by atoms with van der Waals surface area (Å²) in [4.78, 5) is 22.8. The van der Waals surface area contributed by atoms with E-state index in [1.165, 1.54) is 0 Å². The van der Waals surface area contributed by atoms with Crippen LogP contribution in [-0.4, -0.2) is 18.8 Å². The molecule has 0 aliphatic heterocycles. The van der Waals surface area contributed by atoms with Crippen LogP contribution in [0.2, 0.25) is 0 Å². The fraction of sp³-hybridized carbons (Fsp3) is 0.176. The highest BCUT2D eigenvalue weighted by Crippen LogP contribution is 2.27. The summed E-state index contributed by atoms with van der Waals surface area (Å²) in [5, 5.41) is 2.86. The zero-order chi connectivity index (χ0) is 17.0. The summed E-state index contributed by atoms with van der Waals surface area (Å²) in [5.41, 5.74) is 3.27. The molecule has 0 saturated carbocycles. The van der Waals surface area contributed by atoms with Crippen molar-refractivity contribution >= 4 is 49.7 Å². The number of amides is 1. The minimum absolute atomic E-state index is 0.117. The van der Waals surface area contributed by atoms with Gasteiger partial charge in [-0.1, -0.05) is 15.9 Å². The molecule has 0 heterocycles. The van der Waals surface area contributed by atoms with Gasteiger partial charge < -0.3 is 10.1 Å². The van der Waals surface area contributed by atoms with Gasteiger partial charge in [-0.2, -0.15) is 0 Å². The SMILES string of the molecule is Cc1cc(Br)cc(C)c1NC(=O)COc1ccc(C=O)cc1Br. The maximum atomic E-state index is 12.1. The Labute approximate surface area is 151 Å². The van der Waals surface area contributed by atoms with Gasteiger partial charge in [0.2, 0.25) is 0 Å². The van der Waals surface area contributed by atoms with Gasteiger partial charge in [-0.25, -0.2) is 0 Å². The standard InChI is InChI=1S/C17H15Br2NO3/c1-10-5-13(18)6-11(2)17(10)20-16(22)9-23-15-4-3-12(8-21)7-14(15)19/h3-8H,9H2,1-2H3,(H,20,22). The Bertz CT molecular complexity index is 736. The number of halogens is 2. The monoisotopic (exact) mass is 439 g/mol. The van der Waals surface area contributed by atoms with Crippen LogP contribution in [0, 0.1) is 13.8 Å². The third-order valence-electron chi connectivity index (χ3n) is 3.21. The molecule has 2 rings (SSSR count). The van der Waals surface area contributed by atoms with Gasteiger partial charge in [-0.3, -0.25) is 9.59 Å². The zero-order valence-electron chi connectivity index (χ0n) is 12.7. The fourth-order valence-corrected chi connectivity index (χ4v) is 3.33. The fourth-order valence-electron chi connectivity index (χ4n) is 2.13. The largest absolute Gasteiger partial charge is 0.483 e. The average Bonchev–Trinajstić information content (AvgIpc) is 2.49. The normalized spacial score (nSPS) is 10.3. The second kappa shape index (κ2) is 7.75. The molecule has 0 aromatic heterocycles. The number of anilines is 1. The maximum Gasteiger partial charge on any atom is 0.262 e. The van der Waals surface area contributed by atoms with Crippen molar-refractivity contribution in [2.24, 2.45) is 0 Å². The maximum absolute atomic E-state index is 12.1. The number of aldehydes is 1. The molecule has 6 heteroatoms. The Balaban J connectivity index is 2.02. The highest BCUT2D eigenvalue weighted by atomic mass is 79.9. The minimum atomic E-state index is -0.245. The molecule has 120 valence electrons. The van der Waals surface area contributed by atoms with E-state index in [4.69, 9.17) is 4.74 Å². The van der Waals surface area contributed by atoms with E-state index < -0.39 is 0 Å². The number of benzene rings is 2. The number of aryl methyl sites for hydroxylation is 2. The third kappa shape index (κ3) is 4.65. The van der Waals surface area contributed by atoms with Crippen LogP contribution in [0.5, 0.6) is 5.75 Å². The number of carbonyl (C=O) groups is 2. The van der Waals surface area contributed by atoms with Gasteiger partial charge in [0.05, 0.1) is 4.47 Å². The summed E-state index contributed by atoms with van der Waals surface area (Å²) in [6.07, 6.45) is 0.750. The summed E-state index contributed by atoms with van der Waals surface area (Å²) in [5.74, 6) is 0.264. The molecule has 0 saturated heterocycles. The van der Waals surface area contributed by atoms with Gasteiger partial charge in [0.25, 0.3) is 5.91 Å². The molecule has 0 unspecified atom stereocenters. The van der Waals surface area contributed by atoms with Crippen LogP contribution in [0.3, 0.4) is 0 Å². The Morgan fingerprint density at radius 2 is 1.83 bits per heavy atom. The summed E-state index contributed by atoms with van der Waals surface area (Å²) in [7, 11) is 0. The lowest BCUT2D eigenvalue weighted by Gasteiger charge is -2.13. The number of hydrogen-bond acceptors (Lipinski definition) is 3. The molecule has 2 aromatic carbocycles. The molecule has 0 aliphatic carbocycles. The van der Waals surface area contributed by atoms with Gasteiger partial charge in [0, 0.05) is 15.7 Å². The molecule has 0 spiro atoms. The van der Waals surface area contributed by atoms with Crippen molar-refractivity contribution in [1.29, 1.82) is 0 Å². The van der Waals surface area contributed by atoms with Crippen LogP contribution in [-0.2, 0) is 4.79 Å². The first kappa shape index (κ1) is 17.7. The van der Waals surface area contributed by atoms with Crippen molar-refractivity contribution in [2.45, 2.75) is 13.8 Å². The summed E-state index contributed by atoms with van der Waals surface area (Å²) >= 11 is 6.74. The lowest BCUT2D eigenvalue weighted by molar-refractivity contribution is -0.118. The lowest BCUT2D eigenvalue weighted by Crippen LogP contribution is -2.21. The second-order valence-corrected chi connectivity index (χ2v) is 6.83. The summed E-state index contributed by atoms with van der Waals surface area (Å²) in [6.45, 7) is 3.75. The average molecular weight is 441 g/mol. The molecule has 1 amide bonds. The number of carbonyl (C=O) groups excluding carboxylic acids is 2. The molecule has 4 nitrogen and oxygen atoms in total. The number of nitrogens with one attached hydrogen (secondary N) is 1. The van der Waals surface area contributed by atoms with E-state index in [-0.39, 0.29) is 12.5 Å².